The molecule has 0 bridgehead atoms. The largest absolute Gasteiger partial charge is 0.376 e. The Morgan fingerprint density at radius 3 is 2.58 bits per heavy atom. The van der Waals surface area contributed by atoms with Crippen LogP contribution in [0.4, 0.5) is 0 Å². The van der Waals surface area contributed by atoms with Crippen molar-refractivity contribution in [2.24, 2.45) is 0 Å². The van der Waals surface area contributed by atoms with Crippen molar-refractivity contribution >= 4 is 5.91 Å². The van der Waals surface area contributed by atoms with Gasteiger partial charge in [0.25, 0.3) is 5.91 Å². The summed E-state index contributed by atoms with van der Waals surface area (Å²) in [4.78, 5) is 14.8. The van der Waals surface area contributed by atoms with Gasteiger partial charge in [0.15, 0.2) is 6.10 Å². The molecule has 0 spiro atoms. The van der Waals surface area contributed by atoms with Crippen LogP contribution in [0.5, 0.6) is 0 Å². The van der Waals surface area contributed by atoms with Gasteiger partial charge in [0.2, 0.25) is 0 Å². The average Bonchev–Trinajstić information content (AvgIpc) is 2.68. The molecular weight excluding hydrogens is 302 g/mol. The van der Waals surface area contributed by atoms with Crippen molar-refractivity contribution in [1.82, 2.24) is 4.90 Å². The quantitative estimate of drug-likeness (QED) is 0.853. The topological polar surface area (TPSA) is 38.8 Å². The van der Waals surface area contributed by atoms with E-state index in [4.69, 9.17) is 9.47 Å². The number of carbonyl (C=O) groups is 1. The Labute approximate surface area is 142 Å². The van der Waals surface area contributed by atoms with Crippen LogP contribution in [0.3, 0.4) is 0 Å². The van der Waals surface area contributed by atoms with Gasteiger partial charge in [0.05, 0.1) is 19.8 Å². The molecule has 0 radical (unpaired) electrons. The van der Waals surface area contributed by atoms with Crippen LogP contribution in [0, 0.1) is 0 Å². The van der Waals surface area contributed by atoms with Gasteiger partial charge in [-0.15, -0.1) is 0 Å². The first kappa shape index (κ1) is 15.4. The standard InChI is InChI=1S/C20H21NO3/c22-20(19-14-23-10-11-24-19)21-12-16-8-4-5-9-17(16)18(13-21)15-6-2-1-3-7-15/h1-9,18-19H,10-14H2/t18-,19+/m1/s1. The van der Waals surface area contributed by atoms with E-state index in [1.54, 1.807) is 0 Å². The van der Waals surface area contributed by atoms with E-state index in [0.29, 0.717) is 32.9 Å². The van der Waals surface area contributed by atoms with Crippen LogP contribution < -0.4 is 0 Å². The molecule has 2 aliphatic heterocycles. The van der Waals surface area contributed by atoms with Crippen LogP contribution in [-0.4, -0.2) is 43.3 Å². The molecule has 2 aliphatic rings. The molecule has 2 aromatic carbocycles. The number of rotatable bonds is 2. The second-order valence-electron chi connectivity index (χ2n) is 6.32. The minimum absolute atomic E-state index is 0.0325. The summed E-state index contributed by atoms with van der Waals surface area (Å²) in [5.41, 5.74) is 3.76. The van der Waals surface area contributed by atoms with Crippen molar-refractivity contribution < 1.29 is 14.3 Å². The zero-order valence-electron chi connectivity index (χ0n) is 13.6. The SMILES string of the molecule is O=C([C@@H]1COCCO1)N1Cc2ccccc2[C@@H](c2ccccc2)C1. The van der Waals surface area contributed by atoms with Gasteiger partial charge in [-0.1, -0.05) is 54.6 Å². The Morgan fingerprint density at radius 2 is 1.79 bits per heavy atom. The van der Waals surface area contributed by atoms with Gasteiger partial charge in [-0.3, -0.25) is 4.79 Å². The van der Waals surface area contributed by atoms with Crippen LogP contribution in [0.25, 0.3) is 0 Å². The Balaban J connectivity index is 1.64. The van der Waals surface area contributed by atoms with Crippen molar-refractivity contribution in [3.63, 3.8) is 0 Å². The molecule has 4 heteroatoms. The molecule has 0 unspecified atom stereocenters. The van der Waals surface area contributed by atoms with E-state index in [1.807, 2.05) is 17.0 Å². The van der Waals surface area contributed by atoms with Crippen LogP contribution in [0.1, 0.15) is 22.6 Å². The molecule has 2 aromatic rings. The number of hydrogen-bond donors (Lipinski definition) is 0. The highest BCUT2D eigenvalue weighted by Gasteiger charge is 2.33. The maximum absolute atomic E-state index is 12.9. The lowest BCUT2D eigenvalue weighted by Crippen LogP contribution is -2.48. The van der Waals surface area contributed by atoms with Gasteiger partial charge in [-0.05, 0) is 16.7 Å². The van der Waals surface area contributed by atoms with E-state index < -0.39 is 6.10 Å². The molecular formula is C20H21NO3. The molecule has 4 rings (SSSR count). The van der Waals surface area contributed by atoms with Crippen molar-refractivity contribution in [2.75, 3.05) is 26.4 Å². The minimum atomic E-state index is -0.472. The van der Waals surface area contributed by atoms with E-state index in [9.17, 15) is 4.79 Å². The highest BCUT2D eigenvalue weighted by molar-refractivity contribution is 5.81. The van der Waals surface area contributed by atoms with Gasteiger partial charge < -0.3 is 14.4 Å². The number of carbonyl (C=O) groups excluding carboxylic acids is 1. The van der Waals surface area contributed by atoms with Crippen LogP contribution in [0.15, 0.2) is 54.6 Å². The molecule has 0 aromatic heterocycles. The third-order valence-electron chi connectivity index (χ3n) is 4.80. The van der Waals surface area contributed by atoms with Gasteiger partial charge in [-0.25, -0.2) is 0 Å². The summed E-state index contributed by atoms with van der Waals surface area (Å²) in [6.45, 7) is 2.73. The lowest BCUT2D eigenvalue weighted by atomic mass is 9.84. The third-order valence-corrected chi connectivity index (χ3v) is 4.80. The zero-order chi connectivity index (χ0) is 16.4. The lowest BCUT2D eigenvalue weighted by Gasteiger charge is -2.37. The highest BCUT2D eigenvalue weighted by Crippen LogP contribution is 2.33. The van der Waals surface area contributed by atoms with Crippen LogP contribution in [0.2, 0.25) is 0 Å². The summed E-state index contributed by atoms with van der Waals surface area (Å²) >= 11 is 0. The number of nitrogens with zero attached hydrogens (tertiary/aromatic N) is 1. The third kappa shape index (κ3) is 2.95. The Bertz CT molecular complexity index is 710. The van der Waals surface area contributed by atoms with Crippen LogP contribution >= 0.6 is 0 Å². The summed E-state index contributed by atoms with van der Waals surface area (Å²) < 4.78 is 11.0. The minimum Gasteiger partial charge on any atom is -0.376 e. The Hall–Kier alpha value is -2.17. The molecule has 1 fully saturated rings. The summed E-state index contributed by atoms with van der Waals surface area (Å²) in [5, 5.41) is 0. The predicted octanol–water partition coefficient (Wildman–Crippen LogP) is 2.58. The predicted molar refractivity (Wildman–Crippen MR) is 90.7 cm³/mol. The molecule has 2 atom stereocenters. The Morgan fingerprint density at radius 1 is 1.00 bits per heavy atom. The summed E-state index contributed by atoms with van der Waals surface area (Å²) in [7, 11) is 0. The fourth-order valence-corrected chi connectivity index (χ4v) is 3.58. The van der Waals surface area contributed by atoms with Gasteiger partial charge in [0.1, 0.15) is 0 Å². The van der Waals surface area contributed by atoms with Crippen molar-refractivity contribution in [2.45, 2.75) is 18.6 Å². The van der Waals surface area contributed by atoms with E-state index in [1.165, 1.54) is 16.7 Å². The van der Waals surface area contributed by atoms with Gasteiger partial charge in [0, 0.05) is 19.0 Å². The van der Waals surface area contributed by atoms with Gasteiger partial charge >= 0.3 is 0 Å². The lowest BCUT2D eigenvalue weighted by molar-refractivity contribution is -0.159. The molecule has 4 nitrogen and oxygen atoms in total. The Kier molecular flexibility index (Phi) is 4.32. The summed E-state index contributed by atoms with van der Waals surface area (Å²) in [6, 6.07) is 18.8. The molecule has 1 amide bonds. The first-order valence-electron chi connectivity index (χ1n) is 8.44. The molecule has 0 N–H and O–H groups in total. The van der Waals surface area contributed by atoms with E-state index in [0.717, 1.165) is 0 Å². The number of amides is 1. The van der Waals surface area contributed by atoms with E-state index >= 15 is 0 Å². The number of fused-ring (bicyclic) bond motifs is 1. The van der Waals surface area contributed by atoms with E-state index in [-0.39, 0.29) is 11.8 Å². The fourth-order valence-electron chi connectivity index (χ4n) is 3.58. The molecule has 0 aliphatic carbocycles. The maximum atomic E-state index is 12.9. The zero-order valence-corrected chi connectivity index (χ0v) is 13.6. The second-order valence-corrected chi connectivity index (χ2v) is 6.32. The van der Waals surface area contributed by atoms with Crippen LogP contribution in [-0.2, 0) is 20.8 Å². The molecule has 0 saturated carbocycles. The number of benzene rings is 2. The average molecular weight is 323 g/mol. The smallest absolute Gasteiger partial charge is 0.254 e. The summed E-state index contributed by atoms with van der Waals surface area (Å²) in [5.74, 6) is 0.231. The molecule has 124 valence electrons. The monoisotopic (exact) mass is 323 g/mol. The fraction of sp³-hybridized carbons (Fsp3) is 0.350. The molecule has 2 heterocycles. The van der Waals surface area contributed by atoms with Crippen molar-refractivity contribution in [1.29, 1.82) is 0 Å². The maximum Gasteiger partial charge on any atom is 0.254 e. The first-order valence-corrected chi connectivity index (χ1v) is 8.44. The first-order chi connectivity index (χ1) is 11.8. The van der Waals surface area contributed by atoms with E-state index in [2.05, 4.69) is 42.5 Å². The van der Waals surface area contributed by atoms with Crippen molar-refractivity contribution in [3.05, 3.63) is 71.3 Å². The van der Waals surface area contributed by atoms with Crippen molar-refractivity contribution in [3.8, 4) is 0 Å². The highest BCUT2D eigenvalue weighted by atomic mass is 16.6. The molecule has 1 saturated heterocycles. The summed E-state index contributed by atoms with van der Waals surface area (Å²) in [6.07, 6.45) is -0.472. The van der Waals surface area contributed by atoms with Gasteiger partial charge in [-0.2, -0.15) is 0 Å². The number of hydrogen-bond acceptors (Lipinski definition) is 3. The molecule has 24 heavy (non-hydrogen) atoms. The number of ether oxygens (including phenoxy) is 2. The normalized spacial score (nSPS) is 23.6. The second kappa shape index (κ2) is 6.75.